The van der Waals surface area contributed by atoms with Gasteiger partial charge in [0.15, 0.2) is 0 Å². The van der Waals surface area contributed by atoms with Crippen molar-refractivity contribution in [3.05, 3.63) is 35.9 Å². The summed E-state index contributed by atoms with van der Waals surface area (Å²) in [6, 6.07) is 8.68. The molecule has 0 unspecified atom stereocenters. The van der Waals surface area contributed by atoms with Gasteiger partial charge in [0.2, 0.25) is 5.91 Å². The van der Waals surface area contributed by atoms with E-state index in [9.17, 15) is 4.79 Å². The van der Waals surface area contributed by atoms with Crippen LogP contribution in [-0.2, 0) is 11.3 Å². The molecule has 0 fully saturated rings. The number of carbonyl (C=O) groups is 1. The van der Waals surface area contributed by atoms with Gasteiger partial charge in [0.1, 0.15) is 6.04 Å². The number of carbonyl (C=O) groups excluding carboxylic acids is 1. The van der Waals surface area contributed by atoms with Gasteiger partial charge in [-0.05, 0) is 5.56 Å². The second-order valence-electron chi connectivity index (χ2n) is 2.99. The summed E-state index contributed by atoms with van der Waals surface area (Å²) in [5.41, 5.74) is 6.32. The van der Waals surface area contributed by atoms with Gasteiger partial charge in [-0.1, -0.05) is 30.3 Å². The molecule has 1 rings (SSSR count). The normalized spacial score (nSPS) is 11.3. The lowest BCUT2D eigenvalue weighted by Gasteiger charge is -2.09. The molecule has 1 aromatic rings. The lowest BCUT2D eigenvalue weighted by molar-refractivity contribution is -0.123. The Kier molecular flexibility index (Phi) is 6.70. The fraction of sp³-hybridized carbons (Fsp3) is 0.300. The van der Waals surface area contributed by atoms with Gasteiger partial charge in [-0.15, -0.1) is 12.4 Å². The molecule has 0 saturated heterocycles. The molecule has 5 heteroatoms. The van der Waals surface area contributed by atoms with Gasteiger partial charge in [-0.25, -0.2) is 0 Å². The van der Waals surface area contributed by atoms with Crippen LogP contribution < -0.4 is 11.1 Å². The number of halogens is 1. The lowest BCUT2D eigenvalue weighted by atomic mass is 10.2. The number of hydrogen-bond acceptors (Lipinski definition) is 3. The highest BCUT2D eigenvalue weighted by molar-refractivity contribution is 5.85. The van der Waals surface area contributed by atoms with Gasteiger partial charge in [-0.3, -0.25) is 4.79 Å². The number of hydrogen-bond donors (Lipinski definition) is 3. The first-order valence-electron chi connectivity index (χ1n) is 4.42. The Morgan fingerprint density at radius 2 is 2.00 bits per heavy atom. The molecule has 0 aromatic heterocycles. The number of benzene rings is 1. The Morgan fingerprint density at radius 3 is 2.53 bits per heavy atom. The fourth-order valence-electron chi connectivity index (χ4n) is 0.999. The average Bonchev–Trinajstić information content (AvgIpc) is 2.26. The molecule has 15 heavy (non-hydrogen) atoms. The van der Waals surface area contributed by atoms with Crippen LogP contribution in [0.4, 0.5) is 0 Å². The molecule has 1 aromatic carbocycles. The third-order valence-electron chi connectivity index (χ3n) is 1.84. The zero-order valence-electron chi connectivity index (χ0n) is 8.22. The van der Waals surface area contributed by atoms with Crippen LogP contribution in [-0.4, -0.2) is 23.7 Å². The van der Waals surface area contributed by atoms with Gasteiger partial charge < -0.3 is 16.2 Å². The van der Waals surface area contributed by atoms with E-state index >= 15 is 0 Å². The molecule has 0 aliphatic heterocycles. The molecule has 4 nitrogen and oxygen atoms in total. The maximum atomic E-state index is 11.2. The number of amides is 1. The molecule has 84 valence electrons. The summed E-state index contributed by atoms with van der Waals surface area (Å²) in [5, 5.41) is 11.2. The third kappa shape index (κ3) is 4.78. The molecule has 0 heterocycles. The number of nitrogens with two attached hydrogens (primary N) is 1. The van der Waals surface area contributed by atoms with E-state index in [2.05, 4.69) is 5.32 Å². The van der Waals surface area contributed by atoms with Crippen LogP contribution in [0.2, 0.25) is 0 Å². The topological polar surface area (TPSA) is 75.3 Å². The molecular weight excluding hydrogens is 216 g/mol. The maximum absolute atomic E-state index is 11.2. The summed E-state index contributed by atoms with van der Waals surface area (Å²) >= 11 is 0. The monoisotopic (exact) mass is 230 g/mol. The van der Waals surface area contributed by atoms with Crippen molar-refractivity contribution in [3.8, 4) is 0 Å². The molecule has 0 aliphatic carbocycles. The zero-order valence-corrected chi connectivity index (χ0v) is 9.04. The summed E-state index contributed by atoms with van der Waals surface area (Å²) < 4.78 is 0. The summed E-state index contributed by atoms with van der Waals surface area (Å²) in [6.45, 7) is 0.105. The first-order chi connectivity index (χ1) is 6.74. The van der Waals surface area contributed by atoms with E-state index in [4.69, 9.17) is 10.8 Å². The summed E-state index contributed by atoms with van der Waals surface area (Å²) in [6.07, 6.45) is 0. The highest BCUT2D eigenvalue weighted by Gasteiger charge is 2.10. The van der Waals surface area contributed by atoms with Crippen molar-refractivity contribution in [2.75, 3.05) is 6.61 Å². The second kappa shape index (κ2) is 7.23. The van der Waals surface area contributed by atoms with Crippen LogP contribution in [0.3, 0.4) is 0 Å². The van der Waals surface area contributed by atoms with Crippen molar-refractivity contribution in [2.24, 2.45) is 5.73 Å². The molecule has 0 spiro atoms. The number of rotatable bonds is 4. The fourth-order valence-corrected chi connectivity index (χ4v) is 0.999. The largest absolute Gasteiger partial charge is 0.394 e. The standard InChI is InChI=1S/C10H14N2O2.ClH/c11-9(7-13)10(14)12-6-8-4-2-1-3-5-8;/h1-5,9,13H,6-7,11H2,(H,12,14);1H/t9-;/m0./s1. The van der Waals surface area contributed by atoms with Gasteiger partial charge in [-0.2, -0.15) is 0 Å². The zero-order chi connectivity index (χ0) is 10.4. The van der Waals surface area contributed by atoms with E-state index in [1.165, 1.54) is 0 Å². The molecule has 4 N–H and O–H groups in total. The van der Waals surface area contributed by atoms with Gasteiger partial charge >= 0.3 is 0 Å². The molecule has 0 radical (unpaired) electrons. The average molecular weight is 231 g/mol. The van der Waals surface area contributed by atoms with Crippen molar-refractivity contribution in [3.63, 3.8) is 0 Å². The summed E-state index contributed by atoms with van der Waals surface area (Å²) in [4.78, 5) is 11.2. The SMILES string of the molecule is Cl.N[C@@H](CO)C(=O)NCc1ccccc1. The van der Waals surface area contributed by atoms with E-state index < -0.39 is 6.04 Å². The highest BCUT2D eigenvalue weighted by Crippen LogP contribution is 1.96. The Morgan fingerprint density at radius 1 is 1.40 bits per heavy atom. The van der Waals surface area contributed by atoms with Crippen LogP contribution in [0, 0.1) is 0 Å². The third-order valence-corrected chi connectivity index (χ3v) is 1.84. The number of nitrogens with one attached hydrogen (secondary N) is 1. The van der Waals surface area contributed by atoms with Crippen LogP contribution in [0.1, 0.15) is 5.56 Å². The van der Waals surface area contributed by atoms with E-state index in [0.29, 0.717) is 6.54 Å². The van der Waals surface area contributed by atoms with Gasteiger partial charge in [0.05, 0.1) is 6.61 Å². The molecule has 1 atom stereocenters. The predicted octanol–water partition coefficient (Wildman–Crippen LogP) is 0.0442. The maximum Gasteiger partial charge on any atom is 0.239 e. The molecule has 0 saturated carbocycles. The minimum absolute atomic E-state index is 0. The minimum Gasteiger partial charge on any atom is -0.394 e. The number of aliphatic hydroxyl groups is 1. The van der Waals surface area contributed by atoms with Crippen LogP contribution in [0.25, 0.3) is 0 Å². The first-order valence-corrected chi connectivity index (χ1v) is 4.42. The van der Waals surface area contributed by atoms with E-state index in [-0.39, 0.29) is 24.9 Å². The van der Waals surface area contributed by atoms with E-state index in [1.54, 1.807) is 0 Å². The van der Waals surface area contributed by atoms with Crippen molar-refractivity contribution >= 4 is 18.3 Å². The minimum atomic E-state index is -0.835. The van der Waals surface area contributed by atoms with Crippen molar-refractivity contribution in [1.82, 2.24) is 5.32 Å². The van der Waals surface area contributed by atoms with Crippen molar-refractivity contribution in [1.29, 1.82) is 0 Å². The van der Waals surface area contributed by atoms with E-state index in [0.717, 1.165) is 5.56 Å². The first kappa shape index (κ1) is 13.9. The Balaban J connectivity index is 0.00000196. The Hall–Kier alpha value is -1.10. The Labute approximate surface area is 94.9 Å². The number of aliphatic hydroxyl groups excluding tert-OH is 1. The molecule has 0 bridgehead atoms. The van der Waals surface area contributed by atoms with Crippen LogP contribution >= 0.6 is 12.4 Å². The second-order valence-corrected chi connectivity index (χ2v) is 2.99. The summed E-state index contributed by atoms with van der Waals surface area (Å²) in [5.74, 6) is -0.337. The Bertz CT molecular complexity index is 293. The van der Waals surface area contributed by atoms with Crippen molar-refractivity contribution in [2.45, 2.75) is 12.6 Å². The highest BCUT2D eigenvalue weighted by atomic mass is 35.5. The van der Waals surface area contributed by atoms with Gasteiger partial charge in [0.25, 0.3) is 0 Å². The smallest absolute Gasteiger partial charge is 0.239 e. The van der Waals surface area contributed by atoms with E-state index in [1.807, 2.05) is 30.3 Å². The van der Waals surface area contributed by atoms with Crippen LogP contribution in [0.5, 0.6) is 0 Å². The van der Waals surface area contributed by atoms with Gasteiger partial charge in [0, 0.05) is 6.54 Å². The van der Waals surface area contributed by atoms with Crippen LogP contribution in [0.15, 0.2) is 30.3 Å². The molecular formula is C10H15ClN2O2. The molecule has 0 aliphatic rings. The van der Waals surface area contributed by atoms with Crippen molar-refractivity contribution < 1.29 is 9.90 Å². The lowest BCUT2D eigenvalue weighted by Crippen LogP contribution is -2.42. The quantitative estimate of drug-likeness (QED) is 0.684. The predicted molar refractivity (Wildman–Crippen MR) is 60.6 cm³/mol. The molecule has 1 amide bonds. The summed E-state index contributed by atoms with van der Waals surface area (Å²) in [7, 11) is 0.